The lowest BCUT2D eigenvalue weighted by Crippen LogP contribution is -2.53. The Kier molecular flexibility index (Phi) is 4.73. The number of carbonyl (C=O) groups excluding carboxylic acids is 3. The number of piperazine rings is 1. The van der Waals surface area contributed by atoms with Crippen molar-refractivity contribution in [3.63, 3.8) is 0 Å². The number of amides is 2. The Bertz CT molecular complexity index is 1070. The van der Waals surface area contributed by atoms with Crippen molar-refractivity contribution in [2.45, 2.75) is 69.2 Å². The van der Waals surface area contributed by atoms with Crippen LogP contribution in [-0.4, -0.2) is 70.2 Å². The van der Waals surface area contributed by atoms with Gasteiger partial charge in [0.1, 0.15) is 11.8 Å². The smallest absolute Gasteiger partial charge is 0.298 e. The Labute approximate surface area is 193 Å². The number of benzene rings is 1. The Morgan fingerprint density at radius 3 is 2.91 bits per heavy atom. The summed E-state index contributed by atoms with van der Waals surface area (Å²) in [5, 5.41) is 9.43. The number of carbonyl (C=O) groups is 3. The average Bonchev–Trinajstić information content (AvgIpc) is 3.15. The minimum absolute atomic E-state index is 0.0664. The van der Waals surface area contributed by atoms with Crippen LogP contribution in [0.2, 0.25) is 0 Å². The second-order valence-corrected chi connectivity index (χ2v) is 10.3. The maximum absolute atomic E-state index is 13.4. The number of piperidine rings is 1. The molecule has 5 aliphatic rings. The molecule has 6 rings (SSSR count). The third-order valence-electron chi connectivity index (χ3n) is 8.43. The van der Waals surface area contributed by atoms with Crippen molar-refractivity contribution in [1.82, 2.24) is 14.7 Å². The maximum Gasteiger partial charge on any atom is 0.298 e. The van der Waals surface area contributed by atoms with Gasteiger partial charge in [0.05, 0.1) is 18.2 Å². The van der Waals surface area contributed by atoms with Gasteiger partial charge in [-0.1, -0.05) is 13.0 Å². The Hall–Kier alpha value is -2.92. The van der Waals surface area contributed by atoms with E-state index >= 15 is 0 Å². The number of fused-ring (bicyclic) bond motifs is 4. The summed E-state index contributed by atoms with van der Waals surface area (Å²) in [7, 11) is 0. The lowest BCUT2D eigenvalue weighted by Gasteiger charge is -2.39. The van der Waals surface area contributed by atoms with Crippen LogP contribution >= 0.6 is 0 Å². The van der Waals surface area contributed by atoms with E-state index in [-0.39, 0.29) is 47.9 Å². The van der Waals surface area contributed by atoms with Crippen LogP contribution in [-0.2, 0) is 20.8 Å². The fourth-order valence-electron chi connectivity index (χ4n) is 6.86. The highest BCUT2D eigenvalue weighted by atomic mass is 16.5. The summed E-state index contributed by atoms with van der Waals surface area (Å²) in [6, 6.07) is 8.03. The molecule has 0 aromatic heterocycles. The van der Waals surface area contributed by atoms with E-state index in [0.717, 1.165) is 49.8 Å². The highest BCUT2D eigenvalue weighted by Crippen LogP contribution is 2.48. The molecule has 172 valence electrons. The molecule has 1 aromatic rings. The van der Waals surface area contributed by atoms with Gasteiger partial charge in [-0.25, -0.2) is 0 Å². The summed E-state index contributed by atoms with van der Waals surface area (Å²) in [5.74, 6) is 1.06. The van der Waals surface area contributed by atoms with Crippen LogP contribution in [0.1, 0.15) is 49.8 Å². The summed E-state index contributed by atoms with van der Waals surface area (Å²) in [6.07, 6.45) is 4.41. The van der Waals surface area contributed by atoms with Crippen LogP contribution in [0.3, 0.4) is 0 Å². The molecule has 4 fully saturated rings. The molecule has 2 amide bonds. The van der Waals surface area contributed by atoms with Gasteiger partial charge in [-0.15, -0.1) is 0 Å². The third kappa shape index (κ3) is 3.17. The molecule has 7 atom stereocenters. The minimum atomic E-state index is -0.282. The number of aryl methyl sites for hydroxylation is 1. The lowest BCUT2D eigenvalue weighted by atomic mass is 10.0. The van der Waals surface area contributed by atoms with Crippen LogP contribution in [0.5, 0.6) is 5.75 Å². The predicted octanol–water partition coefficient (Wildman–Crippen LogP) is 1.64. The zero-order valence-corrected chi connectivity index (χ0v) is 18.7. The fourth-order valence-corrected chi connectivity index (χ4v) is 6.86. The zero-order valence-electron chi connectivity index (χ0n) is 18.7. The molecule has 0 radical (unpaired) electrons. The predicted molar refractivity (Wildman–Crippen MR) is 117 cm³/mol. The SMILES string of the molecule is C[C@@H](CN1C[C@H]2C[C@@H]1C(=O)N2[C@H]1CCc2cc(OC=O)ccc21)C(=O)N1C2C[C@H]2C[C@H]1C#N. The van der Waals surface area contributed by atoms with E-state index in [2.05, 4.69) is 15.9 Å². The van der Waals surface area contributed by atoms with E-state index in [4.69, 9.17) is 4.74 Å². The van der Waals surface area contributed by atoms with Gasteiger partial charge in [0.2, 0.25) is 11.8 Å². The van der Waals surface area contributed by atoms with E-state index in [0.29, 0.717) is 24.7 Å². The first-order valence-electron chi connectivity index (χ1n) is 12.0. The van der Waals surface area contributed by atoms with Gasteiger partial charge in [-0.2, -0.15) is 5.26 Å². The maximum atomic E-state index is 13.4. The van der Waals surface area contributed by atoms with E-state index in [1.54, 1.807) is 6.07 Å². The second kappa shape index (κ2) is 7.56. The molecule has 0 spiro atoms. The molecule has 8 heteroatoms. The van der Waals surface area contributed by atoms with Crippen molar-refractivity contribution in [3.8, 4) is 11.8 Å². The molecule has 3 saturated heterocycles. The number of nitrogens with zero attached hydrogens (tertiary/aromatic N) is 4. The van der Waals surface area contributed by atoms with Crippen LogP contribution in [0.4, 0.5) is 0 Å². The van der Waals surface area contributed by atoms with E-state index in [1.165, 1.54) is 0 Å². The highest BCUT2D eigenvalue weighted by Gasteiger charge is 2.56. The number of ether oxygens (including phenoxy) is 1. The van der Waals surface area contributed by atoms with Gasteiger partial charge in [-0.3, -0.25) is 19.3 Å². The molecule has 1 unspecified atom stereocenters. The normalized spacial score (nSPS) is 34.7. The summed E-state index contributed by atoms with van der Waals surface area (Å²) in [5.41, 5.74) is 2.29. The molecule has 2 aliphatic carbocycles. The van der Waals surface area contributed by atoms with Crippen LogP contribution in [0.15, 0.2) is 18.2 Å². The number of nitriles is 1. The minimum Gasteiger partial charge on any atom is -0.429 e. The van der Waals surface area contributed by atoms with Crippen molar-refractivity contribution < 1.29 is 19.1 Å². The second-order valence-electron chi connectivity index (χ2n) is 10.3. The number of hydrogen-bond acceptors (Lipinski definition) is 6. The van der Waals surface area contributed by atoms with Crippen LogP contribution in [0.25, 0.3) is 0 Å². The zero-order chi connectivity index (χ0) is 22.9. The van der Waals surface area contributed by atoms with Gasteiger partial charge in [-0.05, 0) is 61.3 Å². The standard InChI is InChI=1S/C25H28N4O4/c1-14(24(31)28-17(10-26)6-16-8-22(16)28)11-27-12-18-9-23(27)25(32)29(18)21-5-2-15-7-19(33-13-30)3-4-20(15)21/h3-4,7,13-14,16-18,21-23H,2,5-6,8-9,11-12H2,1H3/t14-,16+,17-,18+,21-,22?,23+/m0/s1. The Morgan fingerprint density at radius 2 is 2.15 bits per heavy atom. The molecule has 3 heterocycles. The highest BCUT2D eigenvalue weighted by molar-refractivity contribution is 5.87. The summed E-state index contributed by atoms with van der Waals surface area (Å²) in [6.45, 7) is 3.73. The quantitative estimate of drug-likeness (QED) is 0.615. The van der Waals surface area contributed by atoms with Gasteiger partial charge in [0.25, 0.3) is 6.47 Å². The molecule has 1 aromatic carbocycles. The monoisotopic (exact) mass is 448 g/mol. The first kappa shape index (κ1) is 20.7. The third-order valence-corrected chi connectivity index (χ3v) is 8.43. The lowest BCUT2D eigenvalue weighted by molar-refractivity contribution is -0.142. The van der Waals surface area contributed by atoms with Crippen LogP contribution < -0.4 is 4.74 Å². The molecule has 1 saturated carbocycles. The topological polar surface area (TPSA) is 93.9 Å². The fraction of sp³-hybridized carbons (Fsp3) is 0.600. The largest absolute Gasteiger partial charge is 0.429 e. The molecule has 3 aliphatic heterocycles. The average molecular weight is 449 g/mol. The first-order valence-corrected chi connectivity index (χ1v) is 12.0. The van der Waals surface area contributed by atoms with Crippen molar-refractivity contribution in [2.75, 3.05) is 13.1 Å². The van der Waals surface area contributed by atoms with Gasteiger partial charge in [0.15, 0.2) is 0 Å². The van der Waals surface area contributed by atoms with Crippen molar-refractivity contribution >= 4 is 18.3 Å². The Balaban J connectivity index is 1.12. The van der Waals surface area contributed by atoms with Crippen molar-refractivity contribution in [2.24, 2.45) is 11.8 Å². The van der Waals surface area contributed by atoms with Gasteiger partial charge < -0.3 is 14.5 Å². The molecule has 33 heavy (non-hydrogen) atoms. The summed E-state index contributed by atoms with van der Waals surface area (Å²) < 4.78 is 4.98. The van der Waals surface area contributed by atoms with Gasteiger partial charge in [0, 0.05) is 31.1 Å². The number of hydrogen-bond donors (Lipinski definition) is 0. The van der Waals surface area contributed by atoms with E-state index in [1.807, 2.05) is 24.0 Å². The van der Waals surface area contributed by atoms with Gasteiger partial charge >= 0.3 is 0 Å². The first-order chi connectivity index (χ1) is 16.0. The number of likely N-dealkylation sites (tertiary alicyclic amines) is 3. The Morgan fingerprint density at radius 1 is 1.30 bits per heavy atom. The van der Waals surface area contributed by atoms with Crippen molar-refractivity contribution in [3.05, 3.63) is 29.3 Å². The molecular weight excluding hydrogens is 420 g/mol. The summed E-state index contributed by atoms with van der Waals surface area (Å²) in [4.78, 5) is 43.2. The molecule has 2 bridgehead atoms. The van der Waals surface area contributed by atoms with E-state index < -0.39 is 0 Å². The molecule has 8 nitrogen and oxygen atoms in total. The van der Waals surface area contributed by atoms with E-state index in [9.17, 15) is 19.6 Å². The van der Waals surface area contributed by atoms with Crippen LogP contribution in [0, 0.1) is 23.2 Å². The number of rotatable bonds is 6. The molecule has 0 N–H and O–H groups in total. The summed E-state index contributed by atoms with van der Waals surface area (Å²) >= 11 is 0. The van der Waals surface area contributed by atoms with Crippen molar-refractivity contribution in [1.29, 1.82) is 5.26 Å². The molecular formula is C25H28N4O4.